The fourth-order valence-electron chi connectivity index (χ4n) is 0.533. The SMILES string of the molecule is CSSCNC(C)CNSC[S-].[CH3-].[Zn+2]. The van der Waals surface area contributed by atoms with E-state index in [4.69, 9.17) is 12.6 Å². The summed E-state index contributed by atoms with van der Waals surface area (Å²) in [4.78, 5) is 0. The molecule has 0 spiro atoms. The molecule has 82 valence electrons. The van der Waals surface area contributed by atoms with Crippen LogP contribution in [0.2, 0.25) is 0 Å². The number of hydrogen-bond acceptors (Lipinski definition) is 6. The zero-order valence-electron chi connectivity index (χ0n) is 9.04. The van der Waals surface area contributed by atoms with Crippen molar-refractivity contribution in [1.29, 1.82) is 0 Å². The van der Waals surface area contributed by atoms with Crippen LogP contribution >= 0.6 is 33.5 Å². The topological polar surface area (TPSA) is 24.1 Å². The van der Waals surface area contributed by atoms with E-state index >= 15 is 0 Å². The molecule has 0 aliphatic rings. The average Bonchev–Trinajstić information content (AvgIpc) is 2.06. The molecule has 0 aromatic rings. The van der Waals surface area contributed by atoms with Crippen LogP contribution in [0, 0.1) is 7.43 Å². The molecule has 1 atom stereocenters. The van der Waals surface area contributed by atoms with Crippen LogP contribution in [0.4, 0.5) is 0 Å². The van der Waals surface area contributed by atoms with Gasteiger partial charge in [0, 0.05) is 12.6 Å². The molecule has 0 aromatic carbocycles. The summed E-state index contributed by atoms with van der Waals surface area (Å²) in [6, 6.07) is 0.513. The zero-order valence-corrected chi connectivity index (χ0v) is 15.3. The third-order valence-corrected chi connectivity index (χ3v) is 3.58. The second-order valence-electron chi connectivity index (χ2n) is 2.14. The smallest absolute Gasteiger partial charge is 0.781 e. The maximum atomic E-state index is 4.78. The molecular weight excluding hydrogens is 306 g/mol. The van der Waals surface area contributed by atoms with Gasteiger partial charge < -0.3 is 25.4 Å². The van der Waals surface area contributed by atoms with Gasteiger partial charge in [0.1, 0.15) is 0 Å². The largest absolute Gasteiger partial charge is 2.00 e. The van der Waals surface area contributed by atoms with Crippen molar-refractivity contribution in [3.8, 4) is 0 Å². The standard InChI is InChI=1S/C6H16N2S4.CH3.Zn/c1-6(3-8-11-5-9)7-4-12-10-2;;/h6-9H,3-5H2,1-2H3;1H3;/q;-1;+2/p-1. The summed E-state index contributed by atoms with van der Waals surface area (Å²) in [5, 5.41) is 4.09. The average molecular weight is 324 g/mol. The van der Waals surface area contributed by atoms with Gasteiger partial charge in [-0.2, -0.15) is 0 Å². The Hall–Kier alpha value is 1.94. The van der Waals surface area contributed by atoms with E-state index in [9.17, 15) is 0 Å². The predicted molar refractivity (Wildman–Crippen MR) is 72.8 cm³/mol. The van der Waals surface area contributed by atoms with Crippen LogP contribution in [0.5, 0.6) is 0 Å². The van der Waals surface area contributed by atoms with Crippen molar-refractivity contribution in [1.82, 2.24) is 10.0 Å². The van der Waals surface area contributed by atoms with Gasteiger partial charge in [-0.1, -0.05) is 21.6 Å². The zero-order chi connectivity index (χ0) is 9.23. The molecular formula is C7H18N2S4Zn. The van der Waals surface area contributed by atoms with Gasteiger partial charge in [-0.05, 0) is 13.2 Å². The number of hydrogen-bond donors (Lipinski definition) is 2. The Labute approximate surface area is 119 Å². The first-order valence-corrected chi connectivity index (χ1v) is 7.92. The molecule has 7 heteroatoms. The minimum Gasteiger partial charge on any atom is -0.781 e. The molecule has 0 aromatic heterocycles. The van der Waals surface area contributed by atoms with Gasteiger partial charge in [0.2, 0.25) is 0 Å². The molecule has 0 heterocycles. The quantitative estimate of drug-likeness (QED) is 0.135. The monoisotopic (exact) mass is 322 g/mol. The van der Waals surface area contributed by atoms with Crippen molar-refractivity contribution in [2.24, 2.45) is 0 Å². The van der Waals surface area contributed by atoms with Crippen molar-refractivity contribution in [2.45, 2.75) is 13.0 Å². The molecule has 2 N–H and O–H groups in total. The minimum atomic E-state index is 0. The molecule has 14 heavy (non-hydrogen) atoms. The van der Waals surface area contributed by atoms with E-state index < -0.39 is 0 Å². The summed E-state index contributed by atoms with van der Waals surface area (Å²) in [6.07, 6.45) is 2.09. The summed E-state index contributed by atoms with van der Waals surface area (Å²) in [6.45, 7) is 3.13. The normalized spacial score (nSPS) is 11.4. The van der Waals surface area contributed by atoms with Crippen molar-refractivity contribution in [3.63, 3.8) is 0 Å². The molecule has 0 saturated heterocycles. The molecule has 0 rings (SSSR count). The minimum absolute atomic E-state index is 0. The Balaban J connectivity index is -0.000000605. The van der Waals surface area contributed by atoms with E-state index in [1.165, 1.54) is 0 Å². The molecule has 1 unspecified atom stereocenters. The first-order valence-electron chi connectivity index (χ1n) is 3.63. The second kappa shape index (κ2) is 17.3. The van der Waals surface area contributed by atoms with Crippen LogP contribution in [0.25, 0.3) is 0 Å². The van der Waals surface area contributed by atoms with Crippen LogP contribution in [0.3, 0.4) is 0 Å². The van der Waals surface area contributed by atoms with Crippen LogP contribution in [0.1, 0.15) is 6.92 Å². The van der Waals surface area contributed by atoms with Gasteiger partial charge >= 0.3 is 19.5 Å². The summed E-state index contributed by atoms with van der Waals surface area (Å²) >= 11 is 6.37. The molecule has 0 saturated carbocycles. The van der Waals surface area contributed by atoms with Crippen LogP contribution in [0.15, 0.2) is 0 Å². The van der Waals surface area contributed by atoms with Crippen molar-refractivity contribution >= 4 is 46.2 Å². The molecule has 0 bridgehead atoms. The van der Waals surface area contributed by atoms with Gasteiger partial charge in [0.25, 0.3) is 0 Å². The fraction of sp³-hybridized carbons (Fsp3) is 0.857. The summed E-state index contributed by atoms with van der Waals surface area (Å²) < 4.78 is 3.20. The maximum Gasteiger partial charge on any atom is 2.00 e. The molecule has 0 amide bonds. The van der Waals surface area contributed by atoms with E-state index in [1.54, 1.807) is 22.7 Å². The summed E-state index contributed by atoms with van der Waals surface area (Å²) in [7, 11) is 3.61. The van der Waals surface area contributed by atoms with Crippen LogP contribution < -0.4 is 10.0 Å². The van der Waals surface area contributed by atoms with Gasteiger partial charge in [0.05, 0.1) is 5.88 Å². The Morgan fingerprint density at radius 2 is 2.07 bits per heavy atom. The molecule has 0 fully saturated rings. The Kier molecular flexibility index (Phi) is 26.3. The van der Waals surface area contributed by atoms with E-state index in [1.807, 2.05) is 10.8 Å². The van der Waals surface area contributed by atoms with Gasteiger partial charge in [-0.15, -0.1) is 17.0 Å². The summed E-state index contributed by atoms with van der Waals surface area (Å²) in [5.74, 6) is 1.00. The Morgan fingerprint density at radius 3 is 2.57 bits per heavy atom. The van der Waals surface area contributed by atoms with Gasteiger partial charge in [-0.25, -0.2) is 0 Å². The maximum absolute atomic E-state index is 4.78. The van der Waals surface area contributed by atoms with Crippen LogP contribution in [-0.2, 0) is 32.1 Å². The van der Waals surface area contributed by atoms with E-state index in [0.717, 1.165) is 12.4 Å². The van der Waals surface area contributed by atoms with E-state index in [2.05, 4.69) is 23.2 Å². The van der Waals surface area contributed by atoms with Gasteiger partial charge in [0.15, 0.2) is 0 Å². The number of nitrogens with one attached hydrogen (secondary N) is 2. The third kappa shape index (κ3) is 16.4. The first-order chi connectivity index (χ1) is 5.81. The van der Waals surface area contributed by atoms with E-state index in [-0.39, 0.29) is 26.9 Å². The second-order valence-corrected chi connectivity index (χ2v) is 6.23. The third-order valence-electron chi connectivity index (χ3n) is 1.16. The number of rotatable bonds is 8. The molecule has 0 aliphatic carbocycles. The Bertz CT molecular complexity index is 89.8. The fourth-order valence-corrected chi connectivity index (χ4v) is 2.26. The Morgan fingerprint density at radius 1 is 1.43 bits per heavy atom. The van der Waals surface area contributed by atoms with Crippen molar-refractivity contribution in [3.05, 3.63) is 7.43 Å². The molecule has 0 radical (unpaired) electrons. The van der Waals surface area contributed by atoms with Crippen molar-refractivity contribution in [2.75, 3.05) is 23.8 Å². The molecule has 2 nitrogen and oxygen atoms in total. The first kappa shape index (κ1) is 21.3. The molecule has 0 aliphatic heterocycles. The predicted octanol–water partition coefficient (Wildman–Crippen LogP) is 2.12. The van der Waals surface area contributed by atoms with Crippen LogP contribution in [-0.4, -0.2) is 29.8 Å². The summed E-state index contributed by atoms with van der Waals surface area (Å²) in [5.41, 5.74) is 0. The van der Waals surface area contributed by atoms with Gasteiger partial charge in [-0.3, -0.25) is 4.72 Å². The van der Waals surface area contributed by atoms with E-state index in [0.29, 0.717) is 11.1 Å². The van der Waals surface area contributed by atoms with Crippen molar-refractivity contribution < 1.29 is 19.5 Å².